The molecule has 6 heteroatoms. The molecule has 2 unspecified atom stereocenters. The summed E-state index contributed by atoms with van der Waals surface area (Å²) < 4.78 is 0. The molecule has 0 fully saturated rings. The third-order valence-corrected chi connectivity index (χ3v) is 6.22. The lowest BCUT2D eigenvalue weighted by atomic mass is 10.1. The molecule has 0 aliphatic carbocycles. The third-order valence-electron chi connectivity index (χ3n) is 4.85. The molecule has 2 aromatic carbocycles. The van der Waals surface area contributed by atoms with Gasteiger partial charge in [0.2, 0.25) is 11.8 Å². The van der Waals surface area contributed by atoms with Crippen molar-refractivity contribution in [3.8, 4) is 0 Å². The molecule has 0 spiro atoms. The van der Waals surface area contributed by atoms with Crippen LogP contribution in [0.4, 0.5) is 0 Å². The van der Waals surface area contributed by atoms with Crippen LogP contribution in [0.5, 0.6) is 0 Å². The predicted octanol–water partition coefficient (Wildman–Crippen LogP) is 5.07. The maximum absolute atomic E-state index is 13.1. The number of aryl methyl sites for hydroxylation is 1. The Labute approximate surface area is 183 Å². The van der Waals surface area contributed by atoms with Gasteiger partial charge in [0, 0.05) is 22.5 Å². The van der Waals surface area contributed by atoms with Gasteiger partial charge in [-0.05, 0) is 51.0 Å². The van der Waals surface area contributed by atoms with Crippen molar-refractivity contribution in [3.05, 3.63) is 64.7 Å². The van der Waals surface area contributed by atoms with Gasteiger partial charge in [0.25, 0.3) is 0 Å². The van der Waals surface area contributed by atoms with Crippen molar-refractivity contribution in [1.82, 2.24) is 10.2 Å². The molecule has 0 heterocycles. The zero-order valence-electron chi connectivity index (χ0n) is 17.4. The summed E-state index contributed by atoms with van der Waals surface area (Å²) in [5, 5.41) is 3.56. The SMILES string of the molecule is CCC(C)NC(=O)C(C)N(Cc1ccccc1Cl)C(=O)CSc1ccc(C)cc1. The van der Waals surface area contributed by atoms with Crippen LogP contribution < -0.4 is 5.32 Å². The zero-order chi connectivity index (χ0) is 21.4. The smallest absolute Gasteiger partial charge is 0.242 e. The van der Waals surface area contributed by atoms with Crippen LogP contribution in [0.25, 0.3) is 0 Å². The van der Waals surface area contributed by atoms with Crippen molar-refractivity contribution in [1.29, 1.82) is 0 Å². The highest BCUT2D eigenvalue weighted by atomic mass is 35.5. The maximum Gasteiger partial charge on any atom is 0.242 e. The summed E-state index contributed by atoms with van der Waals surface area (Å²) >= 11 is 7.78. The number of amides is 2. The largest absolute Gasteiger partial charge is 0.352 e. The normalized spacial score (nSPS) is 12.9. The van der Waals surface area contributed by atoms with Crippen LogP contribution in [0.3, 0.4) is 0 Å². The molecule has 156 valence electrons. The molecular formula is C23H29ClN2O2S. The molecule has 2 atom stereocenters. The minimum atomic E-state index is -0.591. The summed E-state index contributed by atoms with van der Waals surface area (Å²) in [6, 6.07) is 14.9. The van der Waals surface area contributed by atoms with E-state index < -0.39 is 6.04 Å². The van der Waals surface area contributed by atoms with Gasteiger partial charge in [-0.2, -0.15) is 0 Å². The fraction of sp³-hybridized carbons (Fsp3) is 0.391. The highest BCUT2D eigenvalue weighted by Crippen LogP contribution is 2.22. The molecule has 0 bridgehead atoms. The van der Waals surface area contributed by atoms with E-state index in [9.17, 15) is 9.59 Å². The van der Waals surface area contributed by atoms with Gasteiger partial charge in [-0.25, -0.2) is 0 Å². The summed E-state index contributed by atoms with van der Waals surface area (Å²) in [4.78, 5) is 28.4. The first-order chi connectivity index (χ1) is 13.8. The lowest BCUT2D eigenvalue weighted by Crippen LogP contribution is -2.50. The van der Waals surface area contributed by atoms with Gasteiger partial charge in [0.15, 0.2) is 0 Å². The Balaban J connectivity index is 2.15. The quantitative estimate of drug-likeness (QED) is 0.562. The van der Waals surface area contributed by atoms with Crippen LogP contribution in [0.2, 0.25) is 5.02 Å². The van der Waals surface area contributed by atoms with Gasteiger partial charge in [-0.3, -0.25) is 9.59 Å². The second-order valence-corrected chi connectivity index (χ2v) is 8.66. The summed E-state index contributed by atoms with van der Waals surface area (Å²) in [6.45, 7) is 8.06. The molecule has 0 saturated heterocycles. The highest BCUT2D eigenvalue weighted by Gasteiger charge is 2.27. The first-order valence-electron chi connectivity index (χ1n) is 9.84. The first-order valence-corrected chi connectivity index (χ1v) is 11.2. The average Bonchev–Trinajstić information content (AvgIpc) is 2.71. The first kappa shape index (κ1) is 23.3. The molecule has 1 N–H and O–H groups in total. The van der Waals surface area contributed by atoms with E-state index in [1.54, 1.807) is 17.9 Å². The Morgan fingerprint density at radius 1 is 1.10 bits per heavy atom. The second kappa shape index (κ2) is 11.3. The summed E-state index contributed by atoms with van der Waals surface area (Å²) in [7, 11) is 0. The minimum absolute atomic E-state index is 0.0594. The molecule has 0 saturated carbocycles. The standard InChI is InChI=1S/C23H29ClN2O2S/c1-5-17(3)25-23(28)18(4)26(14-19-8-6-7-9-21(19)24)22(27)15-29-20-12-10-16(2)11-13-20/h6-13,17-18H,5,14-15H2,1-4H3,(H,25,28). The van der Waals surface area contributed by atoms with E-state index in [4.69, 9.17) is 11.6 Å². The third kappa shape index (κ3) is 7.09. The topological polar surface area (TPSA) is 49.4 Å². The Kier molecular flexibility index (Phi) is 9.05. The van der Waals surface area contributed by atoms with E-state index in [0.717, 1.165) is 16.9 Å². The van der Waals surface area contributed by atoms with Gasteiger partial charge in [-0.1, -0.05) is 54.4 Å². The number of rotatable bonds is 9. The molecule has 2 aromatic rings. The van der Waals surface area contributed by atoms with Crippen LogP contribution in [0.1, 0.15) is 38.3 Å². The van der Waals surface area contributed by atoms with Crippen LogP contribution in [-0.2, 0) is 16.1 Å². The summed E-state index contributed by atoms with van der Waals surface area (Å²) in [6.07, 6.45) is 0.834. The molecule has 0 radical (unpaired) electrons. The van der Waals surface area contributed by atoms with Gasteiger partial charge in [-0.15, -0.1) is 11.8 Å². The van der Waals surface area contributed by atoms with Crippen molar-refractivity contribution >= 4 is 35.2 Å². The van der Waals surface area contributed by atoms with E-state index >= 15 is 0 Å². The van der Waals surface area contributed by atoms with Crippen LogP contribution in [0.15, 0.2) is 53.4 Å². The molecule has 0 aromatic heterocycles. The molecule has 0 aliphatic rings. The number of thioether (sulfide) groups is 1. The van der Waals surface area contributed by atoms with Crippen molar-refractivity contribution in [2.75, 3.05) is 5.75 Å². The Bertz CT molecular complexity index is 826. The van der Waals surface area contributed by atoms with Crippen LogP contribution in [0, 0.1) is 6.92 Å². The van der Waals surface area contributed by atoms with Crippen LogP contribution >= 0.6 is 23.4 Å². The van der Waals surface area contributed by atoms with E-state index in [2.05, 4.69) is 5.32 Å². The molecule has 0 aliphatic heterocycles. The number of nitrogens with one attached hydrogen (secondary N) is 1. The second-order valence-electron chi connectivity index (χ2n) is 7.21. The van der Waals surface area contributed by atoms with Crippen molar-refractivity contribution < 1.29 is 9.59 Å². The van der Waals surface area contributed by atoms with E-state index in [1.807, 2.05) is 63.2 Å². The minimum Gasteiger partial charge on any atom is -0.352 e. The van der Waals surface area contributed by atoms with Gasteiger partial charge < -0.3 is 10.2 Å². The number of benzene rings is 2. The van der Waals surface area contributed by atoms with E-state index in [-0.39, 0.29) is 23.6 Å². The number of carbonyl (C=O) groups is 2. The average molecular weight is 433 g/mol. The Morgan fingerprint density at radius 2 is 1.76 bits per heavy atom. The summed E-state index contributed by atoms with van der Waals surface area (Å²) in [5.41, 5.74) is 2.00. The lowest BCUT2D eigenvalue weighted by molar-refractivity contribution is -0.138. The van der Waals surface area contributed by atoms with Crippen molar-refractivity contribution in [2.24, 2.45) is 0 Å². The number of hydrogen-bond acceptors (Lipinski definition) is 3. The summed E-state index contributed by atoms with van der Waals surface area (Å²) in [5.74, 6) is 0.0106. The maximum atomic E-state index is 13.1. The number of nitrogens with zero attached hydrogens (tertiary/aromatic N) is 1. The monoisotopic (exact) mass is 432 g/mol. The molecular weight excluding hydrogens is 404 g/mol. The van der Waals surface area contributed by atoms with Gasteiger partial charge >= 0.3 is 0 Å². The van der Waals surface area contributed by atoms with Crippen molar-refractivity contribution in [3.63, 3.8) is 0 Å². The van der Waals surface area contributed by atoms with Crippen LogP contribution in [-0.4, -0.2) is 34.6 Å². The molecule has 4 nitrogen and oxygen atoms in total. The molecule has 2 amide bonds. The Hall–Kier alpha value is -1.98. The molecule has 29 heavy (non-hydrogen) atoms. The molecule has 2 rings (SSSR count). The number of hydrogen-bond donors (Lipinski definition) is 1. The van der Waals surface area contributed by atoms with E-state index in [1.165, 1.54) is 17.3 Å². The predicted molar refractivity (Wildman–Crippen MR) is 121 cm³/mol. The lowest BCUT2D eigenvalue weighted by Gasteiger charge is -2.30. The highest BCUT2D eigenvalue weighted by molar-refractivity contribution is 8.00. The number of halogens is 1. The number of carbonyl (C=O) groups excluding carboxylic acids is 2. The Morgan fingerprint density at radius 3 is 2.38 bits per heavy atom. The van der Waals surface area contributed by atoms with Gasteiger partial charge in [0.1, 0.15) is 6.04 Å². The van der Waals surface area contributed by atoms with E-state index in [0.29, 0.717) is 11.6 Å². The van der Waals surface area contributed by atoms with Gasteiger partial charge in [0.05, 0.1) is 5.75 Å². The fourth-order valence-corrected chi connectivity index (χ4v) is 3.70. The zero-order valence-corrected chi connectivity index (χ0v) is 19.0. The van der Waals surface area contributed by atoms with Crippen molar-refractivity contribution in [2.45, 2.75) is 57.6 Å². The fourth-order valence-electron chi connectivity index (χ4n) is 2.72.